The fourth-order valence-electron chi connectivity index (χ4n) is 4.10. The Labute approximate surface area is 181 Å². The first-order valence-corrected chi connectivity index (χ1v) is 9.96. The van der Waals surface area contributed by atoms with Crippen LogP contribution in [0.2, 0.25) is 10.0 Å². The van der Waals surface area contributed by atoms with Gasteiger partial charge in [-0.25, -0.2) is 8.78 Å². The van der Waals surface area contributed by atoms with E-state index in [-0.39, 0.29) is 39.2 Å². The topological polar surface area (TPSA) is 70.1 Å². The molecule has 0 bridgehead atoms. The summed E-state index contributed by atoms with van der Waals surface area (Å²) in [7, 11) is 0. The highest BCUT2D eigenvalue weighted by Crippen LogP contribution is 2.49. The van der Waals surface area contributed by atoms with Crippen LogP contribution in [0.5, 0.6) is 0 Å². The standard InChI is InChI=1S/C22H15Cl2F2N3O/c23-13-5-1-4-11(20(13)24)18-12(10-27)22(28)29(16-8-3-9-17(30)19(16)18)21-14(25)6-2-7-15(21)26/h1-2,4-7,18H,3,8-9,28H2/t18-/m1/s1. The molecule has 0 saturated carbocycles. The number of nitriles is 1. The van der Waals surface area contributed by atoms with Crippen LogP contribution >= 0.6 is 23.2 Å². The lowest BCUT2D eigenvalue weighted by Gasteiger charge is -2.40. The molecule has 0 spiro atoms. The maximum absolute atomic E-state index is 14.6. The van der Waals surface area contributed by atoms with Crippen LogP contribution in [-0.2, 0) is 4.79 Å². The van der Waals surface area contributed by atoms with Crippen molar-refractivity contribution >= 4 is 34.7 Å². The summed E-state index contributed by atoms with van der Waals surface area (Å²) in [6.07, 6.45) is 1.11. The zero-order valence-electron chi connectivity index (χ0n) is 15.6. The molecule has 152 valence electrons. The van der Waals surface area contributed by atoms with Crippen LogP contribution < -0.4 is 10.6 Å². The SMILES string of the molecule is N#CC1=C(N)N(c2c(F)cccc2F)C2=C(C(=O)CCC2)[C@@H]1c1cccc(Cl)c1Cl. The number of ketones is 1. The van der Waals surface area contributed by atoms with E-state index in [2.05, 4.69) is 0 Å². The third-order valence-corrected chi connectivity index (χ3v) is 6.20. The number of halogens is 4. The number of nitrogens with zero attached hydrogens (tertiary/aromatic N) is 2. The fraction of sp³-hybridized carbons (Fsp3) is 0.182. The molecule has 0 radical (unpaired) electrons. The van der Waals surface area contributed by atoms with Gasteiger partial charge in [0.2, 0.25) is 0 Å². The van der Waals surface area contributed by atoms with E-state index in [0.717, 1.165) is 17.0 Å². The zero-order valence-corrected chi connectivity index (χ0v) is 17.1. The fourth-order valence-corrected chi connectivity index (χ4v) is 4.52. The van der Waals surface area contributed by atoms with Crippen molar-refractivity contribution in [2.45, 2.75) is 25.2 Å². The van der Waals surface area contributed by atoms with Gasteiger partial charge < -0.3 is 5.73 Å². The molecule has 1 aliphatic carbocycles. The lowest BCUT2D eigenvalue weighted by Crippen LogP contribution is -2.39. The van der Waals surface area contributed by atoms with Gasteiger partial charge in [-0.3, -0.25) is 9.69 Å². The van der Waals surface area contributed by atoms with Crippen LogP contribution in [0.15, 0.2) is 59.1 Å². The van der Waals surface area contributed by atoms with E-state index in [1.165, 1.54) is 6.07 Å². The van der Waals surface area contributed by atoms with Crippen LogP contribution in [0.4, 0.5) is 14.5 Å². The highest BCUT2D eigenvalue weighted by Gasteiger charge is 2.42. The minimum absolute atomic E-state index is 0.0178. The van der Waals surface area contributed by atoms with E-state index in [9.17, 15) is 18.8 Å². The summed E-state index contributed by atoms with van der Waals surface area (Å²) in [4.78, 5) is 14.2. The van der Waals surface area contributed by atoms with Crippen molar-refractivity contribution in [3.05, 3.63) is 86.3 Å². The quantitative estimate of drug-likeness (QED) is 0.654. The van der Waals surface area contributed by atoms with Crippen LogP contribution in [0.1, 0.15) is 30.7 Å². The summed E-state index contributed by atoms with van der Waals surface area (Å²) in [6.45, 7) is 0. The van der Waals surface area contributed by atoms with Crippen molar-refractivity contribution in [3.63, 3.8) is 0 Å². The van der Waals surface area contributed by atoms with E-state index in [4.69, 9.17) is 28.9 Å². The molecule has 0 saturated heterocycles. The molecule has 0 fully saturated rings. The zero-order chi connectivity index (χ0) is 21.6. The van der Waals surface area contributed by atoms with Gasteiger partial charge in [-0.05, 0) is 36.6 Å². The second-order valence-electron chi connectivity index (χ2n) is 7.03. The average Bonchev–Trinajstić information content (AvgIpc) is 2.71. The van der Waals surface area contributed by atoms with Crippen molar-refractivity contribution in [3.8, 4) is 6.07 Å². The van der Waals surface area contributed by atoms with Gasteiger partial charge in [-0.2, -0.15) is 5.26 Å². The second-order valence-corrected chi connectivity index (χ2v) is 7.81. The van der Waals surface area contributed by atoms with Gasteiger partial charge in [0.25, 0.3) is 0 Å². The Bertz CT molecular complexity index is 1160. The van der Waals surface area contributed by atoms with Crippen LogP contribution in [-0.4, -0.2) is 5.78 Å². The number of nitrogens with two attached hydrogens (primary N) is 1. The largest absolute Gasteiger partial charge is 0.384 e. The molecule has 2 aromatic carbocycles. The van der Waals surface area contributed by atoms with Crippen LogP contribution in [0.25, 0.3) is 0 Å². The summed E-state index contributed by atoms with van der Waals surface area (Å²) in [5.41, 5.74) is 6.94. The number of carbonyl (C=O) groups is 1. The van der Waals surface area contributed by atoms with E-state index >= 15 is 0 Å². The minimum Gasteiger partial charge on any atom is -0.384 e. The molecular weight excluding hydrogens is 431 g/mol. The lowest BCUT2D eigenvalue weighted by atomic mass is 9.75. The van der Waals surface area contributed by atoms with E-state index in [0.29, 0.717) is 24.1 Å². The number of hydrogen-bond donors (Lipinski definition) is 1. The highest BCUT2D eigenvalue weighted by atomic mass is 35.5. The number of benzene rings is 2. The summed E-state index contributed by atoms with van der Waals surface area (Å²) in [5.74, 6) is -2.93. The molecule has 2 aromatic rings. The molecule has 4 rings (SSSR count). The van der Waals surface area contributed by atoms with Crippen molar-refractivity contribution < 1.29 is 13.6 Å². The number of anilines is 1. The van der Waals surface area contributed by atoms with E-state index < -0.39 is 23.2 Å². The molecule has 2 N–H and O–H groups in total. The maximum atomic E-state index is 14.6. The van der Waals surface area contributed by atoms with Crippen molar-refractivity contribution in [1.82, 2.24) is 0 Å². The molecule has 2 aliphatic rings. The average molecular weight is 446 g/mol. The van der Waals surface area contributed by atoms with Gasteiger partial charge >= 0.3 is 0 Å². The first-order valence-electron chi connectivity index (χ1n) is 9.20. The van der Waals surface area contributed by atoms with Gasteiger partial charge in [-0.1, -0.05) is 41.4 Å². The van der Waals surface area contributed by atoms with Crippen LogP contribution in [0, 0.1) is 23.0 Å². The number of allylic oxidation sites excluding steroid dienone is 3. The molecule has 0 aromatic heterocycles. The number of rotatable bonds is 2. The Morgan fingerprint density at radius 2 is 1.77 bits per heavy atom. The monoisotopic (exact) mass is 445 g/mol. The predicted octanol–water partition coefficient (Wildman–Crippen LogP) is 5.58. The van der Waals surface area contributed by atoms with Gasteiger partial charge in [-0.15, -0.1) is 0 Å². The molecule has 30 heavy (non-hydrogen) atoms. The Morgan fingerprint density at radius 1 is 1.10 bits per heavy atom. The number of para-hydroxylation sites is 1. The molecular formula is C22H15Cl2F2N3O. The Balaban J connectivity index is 2.05. The summed E-state index contributed by atoms with van der Waals surface area (Å²) < 4.78 is 29.3. The first kappa shape index (κ1) is 20.4. The molecule has 0 unspecified atom stereocenters. The Morgan fingerprint density at radius 3 is 2.43 bits per heavy atom. The summed E-state index contributed by atoms with van der Waals surface area (Å²) >= 11 is 12.6. The van der Waals surface area contributed by atoms with Crippen molar-refractivity contribution in [1.29, 1.82) is 5.26 Å². The van der Waals surface area contributed by atoms with Gasteiger partial charge in [0, 0.05) is 17.7 Å². The molecule has 1 aliphatic heterocycles. The van der Waals surface area contributed by atoms with Gasteiger partial charge in [0.05, 0.1) is 27.6 Å². The summed E-state index contributed by atoms with van der Waals surface area (Å²) in [6, 6.07) is 10.4. The van der Waals surface area contributed by atoms with Crippen molar-refractivity contribution in [2.75, 3.05) is 4.90 Å². The Hall–Kier alpha value is -2.88. The molecule has 4 nitrogen and oxygen atoms in total. The van der Waals surface area contributed by atoms with Crippen molar-refractivity contribution in [2.24, 2.45) is 5.73 Å². The molecule has 1 atom stereocenters. The predicted molar refractivity (Wildman–Crippen MR) is 111 cm³/mol. The molecule has 0 amide bonds. The Kier molecular flexibility index (Phi) is 5.27. The maximum Gasteiger partial charge on any atom is 0.161 e. The molecule has 1 heterocycles. The number of hydrogen-bond acceptors (Lipinski definition) is 4. The normalized spacial score (nSPS) is 19.1. The van der Waals surface area contributed by atoms with Gasteiger partial charge in [0.15, 0.2) is 5.78 Å². The highest BCUT2D eigenvalue weighted by molar-refractivity contribution is 6.42. The number of carbonyl (C=O) groups excluding carboxylic acids is 1. The minimum atomic E-state index is -0.866. The molecule has 8 heteroatoms. The van der Waals surface area contributed by atoms with E-state index in [1.54, 1.807) is 18.2 Å². The van der Waals surface area contributed by atoms with E-state index in [1.807, 2.05) is 6.07 Å². The number of Topliss-reactive ketones (excluding diaryl/α,β-unsaturated/α-hetero) is 1. The first-order chi connectivity index (χ1) is 14.4. The summed E-state index contributed by atoms with van der Waals surface area (Å²) in [5, 5.41) is 10.4. The van der Waals surface area contributed by atoms with Crippen LogP contribution in [0.3, 0.4) is 0 Å². The van der Waals surface area contributed by atoms with Gasteiger partial charge in [0.1, 0.15) is 23.1 Å². The lowest BCUT2D eigenvalue weighted by molar-refractivity contribution is -0.116. The smallest absolute Gasteiger partial charge is 0.161 e. The second kappa shape index (κ2) is 7.75. The third kappa shape index (κ3) is 3.06. The third-order valence-electron chi connectivity index (χ3n) is 5.37.